The lowest BCUT2D eigenvalue weighted by molar-refractivity contribution is -0.0895. The van der Waals surface area contributed by atoms with Crippen LogP contribution >= 0.6 is 12.6 Å². The summed E-state index contributed by atoms with van der Waals surface area (Å²) in [5.41, 5.74) is 0.777. The molecule has 6 heteroatoms. The van der Waals surface area contributed by atoms with Crippen molar-refractivity contribution in [3.8, 4) is 0 Å². The van der Waals surface area contributed by atoms with Gasteiger partial charge in [-0.3, -0.25) is 14.4 Å². The second kappa shape index (κ2) is 5.31. The standard InChI is InChI=1S/C11H12N2O3S/c14-10-8-3-1-2-4-9(8)11(15)13(10)16-6-5-12-7-17/h1-4,12,17H,5-7H2. The van der Waals surface area contributed by atoms with Gasteiger partial charge in [0, 0.05) is 12.4 Å². The fourth-order valence-electron chi connectivity index (χ4n) is 1.57. The Balaban J connectivity index is 2.03. The van der Waals surface area contributed by atoms with E-state index in [2.05, 4.69) is 17.9 Å². The summed E-state index contributed by atoms with van der Waals surface area (Å²) in [4.78, 5) is 28.8. The molecule has 0 aromatic heterocycles. The van der Waals surface area contributed by atoms with Crippen molar-refractivity contribution < 1.29 is 14.4 Å². The molecule has 1 aromatic rings. The summed E-state index contributed by atoms with van der Waals surface area (Å²) in [6.07, 6.45) is 0. The van der Waals surface area contributed by atoms with Crippen molar-refractivity contribution in [2.24, 2.45) is 0 Å². The van der Waals surface area contributed by atoms with Crippen LogP contribution in [0.25, 0.3) is 0 Å². The van der Waals surface area contributed by atoms with E-state index in [1.165, 1.54) is 0 Å². The Labute approximate surface area is 104 Å². The highest BCUT2D eigenvalue weighted by molar-refractivity contribution is 7.80. The average Bonchev–Trinajstić information content (AvgIpc) is 2.60. The maximum absolute atomic E-state index is 11.8. The lowest BCUT2D eigenvalue weighted by Crippen LogP contribution is -2.32. The number of hydrogen-bond donors (Lipinski definition) is 2. The minimum absolute atomic E-state index is 0.242. The van der Waals surface area contributed by atoms with Gasteiger partial charge in [0.05, 0.1) is 17.7 Å². The first-order chi connectivity index (χ1) is 8.25. The largest absolute Gasteiger partial charge is 0.306 e. The summed E-state index contributed by atoms with van der Waals surface area (Å²) >= 11 is 3.97. The first-order valence-electron chi connectivity index (χ1n) is 5.18. The van der Waals surface area contributed by atoms with Gasteiger partial charge in [0.25, 0.3) is 11.8 Å². The first-order valence-corrected chi connectivity index (χ1v) is 5.81. The van der Waals surface area contributed by atoms with Crippen molar-refractivity contribution in [2.75, 3.05) is 19.0 Å². The number of thiol groups is 1. The van der Waals surface area contributed by atoms with Crippen molar-refractivity contribution >= 4 is 24.4 Å². The van der Waals surface area contributed by atoms with E-state index in [1.807, 2.05) is 0 Å². The van der Waals surface area contributed by atoms with Crippen molar-refractivity contribution in [1.29, 1.82) is 0 Å². The molecule has 1 aromatic carbocycles. The topological polar surface area (TPSA) is 58.6 Å². The van der Waals surface area contributed by atoms with Gasteiger partial charge in [0.2, 0.25) is 0 Å². The Morgan fingerprint density at radius 2 is 1.76 bits per heavy atom. The monoisotopic (exact) mass is 252 g/mol. The number of carbonyl (C=O) groups is 2. The summed E-state index contributed by atoms with van der Waals surface area (Å²) in [6, 6.07) is 6.67. The Kier molecular flexibility index (Phi) is 3.78. The van der Waals surface area contributed by atoms with Crippen LogP contribution in [0.2, 0.25) is 0 Å². The number of nitrogens with one attached hydrogen (secondary N) is 1. The molecular formula is C11H12N2O3S. The number of imide groups is 1. The van der Waals surface area contributed by atoms with Crippen LogP contribution in [0.1, 0.15) is 20.7 Å². The highest BCUT2D eigenvalue weighted by Gasteiger charge is 2.36. The zero-order valence-corrected chi connectivity index (χ0v) is 9.94. The zero-order chi connectivity index (χ0) is 12.3. The van der Waals surface area contributed by atoms with Gasteiger partial charge >= 0.3 is 0 Å². The number of amides is 2. The third-order valence-electron chi connectivity index (χ3n) is 2.37. The number of hydrogen-bond acceptors (Lipinski definition) is 5. The minimum Gasteiger partial charge on any atom is -0.306 e. The van der Waals surface area contributed by atoms with Crippen LogP contribution < -0.4 is 5.32 Å². The predicted octanol–water partition coefficient (Wildman–Crippen LogP) is 0.691. The Morgan fingerprint density at radius 3 is 2.29 bits per heavy atom. The van der Waals surface area contributed by atoms with Crippen LogP contribution in [-0.4, -0.2) is 35.9 Å². The summed E-state index contributed by atoms with van der Waals surface area (Å²) in [7, 11) is 0. The number of hydroxylamine groups is 2. The molecule has 0 aliphatic carbocycles. The molecule has 0 fully saturated rings. The molecule has 0 bridgehead atoms. The van der Waals surface area contributed by atoms with Crippen molar-refractivity contribution in [1.82, 2.24) is 10.4 Å². The average molecular weight is 252 g/mol. The molecule has 5 nitrogen and oxygen atoms in total. The molecule has 2 amide bonds. The van der Waals surface area contributed by atoms with Gasteiger partial charge in [-0.1, -0.05) is 12.1 Å². The van der Waals surface area contributed by atoms with E-state index in [-0.39, 0.29) is 6.61 Å². The molecule has 90 valence electrons. The smallest absolute Gasteiger partial charge is 0.285 e. The van der Waals surface area contributed by atoms with Crippen LogP contribution in [0, 0.1) is 0 Å². The van der Waals surface area contributed by atoms with Gasteiger partial charge in [-0.25, -0.2) is 0 Å². The molecule has 0 saturated carbocycles. The number of nitrogens with zero attached hydrogens (tertiary/aromatic N) is 1. The lowest BCUT2D eigenvalue weighted by atomic mass is 10.1. The maximum Gasteiger partial charge on any atom is 0.285 e. The SMILES string of the molecule is O=C1c2ccccc2C(=O)N1OCCNCS. The van der Waals surface area contributed by atoms with Gasteiger partial charge in [-0.15, -0.1) is 5.06 Å². The number of benzene rings is 1. The van der Waals surface area contributed by atoms with Crippen molar-refractivity contribution in [3.05, 3.63) is 35.4 Å². The summed E-state index contributed by atoms with van der Waals surface area (Å²) < 4.78 is 0. The van der Waals surface area contributed by atoms with E-state index in [0.29, 0.717) is 23.5 Å². The highest BCUT2D eigenvalue weighted by atomic mass is 32.1. The van der Waals surface area contributed by atoms with Gasteiger partial charge in [-0.05, 0) is 12.1 Å². The van der Waals surface area contributed by atoms with Crippen LogP contribution in [0.4, 0.5) is 0 Å². The quantitative estimate of drug-likeness (QED) is 0.350. The minimum atomic E-state index is -0.406. The lowest BCUT2D eigenvalue weighted by Gasteiger charge is -2.13. The van der Waals surface area contributed by atoms with Gasteiger partial charge in [-0.2, -0.15) is 12.6 Å². The van der Waals surface area contributed by atoms with Crippen molar-refractivity contribution in [3.63, 3.8) is 0 Å². The van der Waals surface area contributed by atoms with Crippen LogP contribution in [0.3, 0.4) is 0 Å². The van der Waals surface area contributed by atoms with Gasteiger partial charge in [0.15, 0.2) is 0 Å². The highest BCUT2D eigenvalue weighted by Crippen LogP contribution is 2.22. The maximum atomic E-state index is 11.8. The number of rotatable bonds is 5. The molecule has 1 N–H and O–H groups in total. The molecule has 0 spiro atoms. The van der Waals surface area contributed by atoms with Crippen LogP contribution in [-0.2, 0) is 4.84 Å². The van der Waals surface area contributed by atoms with E-state index >= 15 is 0 Å². The van der Waals surface area contributed by atoms with Gasteiger partial charge < -0.3 is 5.32 Å². The predicted molar refractivity (Wildman–Crippen MR) is 64.7 cm³/mol. The molecule has 0 atom stereocenters. The molecule has 1 aliphatic rings. The molecule has 2 rings (SSSR count). The Bertz CT molecular complexity index is 415. The molecule has 0 unspecified atom stereocenters. The molecule has 0 saturated heterocycles. The first kappa shape index (κ1) is 12.1. The number of carbonyl (C=O) groups excluding carboxylic acids is 2. The molecule has 17 heavy (non-hydrogen) atoms. The summed E-state index contributed by atoms with van der Waals surface area (Å²) in [6.45, 7) is 0.767. The van der Waals surface area contributed by atoms with Crippen LogP contribution in [0.5, 0.6) is 0 Å². The van der Waals surface area contributed by atoms with E-state index in [4.69, 9.17) is 4.84 Å². The molecular weight excluding hydrogens is 240 g/mol. The van der Waals surface area contributed by atoms with E-state index < -0.39 is 11.8 Å². The Morgan fingerprint density at radius 1 is 1.18 bits per heavy atom. The Hall–Kier alpha value is -1.37. The van der Waals surface area contributed by atoms with E-state index in [9.17, 15) is 9.59 Å². The fourth-order valence-corrected chi connectivity index (χ4v) is 1.73. The second-order valence-corrected chi connectivity index (χ2v) is 3.76. The fraction of sp³-hybridized carbons (Fsp3) is 0.273. The van der Waals surface area contributed by atoms with E-state index in [0.717, 1.165) is 5.06 Å². The normalized spacial score (nSPS) is 14.3. The third kappa shape index (κ3) is 2.33. The third-order valence-corrected chi connectivity index (χ3v) is 2.59. The van der Waals surface area contributed by atoms with E-state index in [1.54, 1.807) is 24.3 Å². The zero-order valence-electron chi connectivity index (χ0n) is 9.05. The molecule has 0 radical (unpaired) electrons. The van der Waals surface area contributed by atoms with Crippen LogP contribution in [0.15, 0.2) is 24.3 Å². The van der Waals surface area contributed by atoms with Crippen molar-refractivity contribution in [2.45, 2.75) is 0 Å². The number of fused-ring (bicyclic) bond motifs is 1. The second-order valence-electron chi connectivity index (χ2n) is 3.44. The van der Waals surface area contributed by atoms with Gasteiger partial charge in [0.1, 0.15) is 0 Å². The molecule has 1 aliphatic heterocycles. The summed E-state index contributed by atoms with van der Waals surface area (Å²) in [5.74, 6) is -0.293. The molecule has 1 heterocycles. The summed E-state index contributed by atoms with van der Waals surface area (Å²) in [5, 5.41) is 3.72.